The lowest BCUT2D eigenvalue weighted by molar-refractivity contribution is 0.239. The fourth-order valence-corrected chi connectivity index (χ4v) is 0.940. The van der Waals surface area contributed by atoms with Crippen LogP contribution in [0.15, 0.2) is 18.5 Å². The number of hydrogen-bond acceptors (Lipinski definition) is 3. The minimum atomic E-state index is -0.184. The minimum absolute atomic E-state index is 0.184. The molecule has 2 amide bonds. The number of carbonyl (C=O) groups excluding carboxylic acids is 1. The largest absolute Gasteiger partial charge is 0.338 e. The summed E-state index contributed by atoms with van der Waals surface area (Å²) in [4.78, 5) is 19.2. The van der Waals surface area contributed by atoms with E-state index in [1.165, 1.54) is 0 Å². The number of aromatic nitrogens is 2. The van der Waals surface area contributed by atoms with Crippen molar-refractivity contribution in [1.29, 1.82) is 0 Å². The molecule has 0 aliphatic carbocycles. The fraction of sp³-hybridized carbons (Fsp3) is 0.583. The average molecular weight is 238 g/mol. The molecule has 1 aromatic heterocycles. The summed E-state index contributed by atoms with van der Waals surface area (Å²) in [7, 11) is 0. The molecule has 0 unspecified atom stereocenters. The van der Waals surface area contributed by atoms with Crippen molar-refractivity contribution in [3.8, 4) is 0 Å². The summed E-state index contributed by atoms with van der Waals surface area (Å²) >= 11 is 0. The molecule has 96 valence electrons. The predicted molar refractivity (Wildman–Crippen MR) is 68.5 cm³/mol. The molecule has 0 atom stereocenters. The summed E-state index contributed by atoms with van der Waals surface area (Å²) in [5.41, 5.74) is 0. The van der Waals surface area contributed by atoms with Crippen LogP contribution >= 0.6 is 0 Å². The molecule has 0 fully saturated rings. The van der Waals surface area contributed by atoms with E-state index in [-0.39, 0.29) is 6.03 Å². The SMILES string of the molecule is CC.CC(C)CNC(=O)NCc1ncccn1. The van der Waals surface area contributed by atoms with Gasteiger partial charge in [0.05, 0.1) is 6.54 Å². The van der Waals surface area contributed by atoms with Crippen molar-refractivity contribution in [1.82, 2.24) is 20.6 Å². The highest BCUT2D eigenvalue weighted by Crippen LogP contribution is 1.88. The smallest absolute Gasteiger partial charge is 0.315 e. The van der Waals surface area contributed by atoms with Gasteiger partial charge in [-0.1, -0.05) is 27.7 Å². The molecule has 0 saturated heterocycles. The van der Waals surface area contributed by atoms with E-state index in [2.05, 4.69) is 20.6 Å². The van der Waals surface area contributed by atoms with Crippen molar-refractivity contribution in [3.63, 3.8) is 0 Å². The first-order chi connectivity index (χ1) is 8.18. The van der Waals surface area contributed by atoms with Gasteiger partial charge in [0.25, 0.3) is 0 Å². The van der Waals surface area contributed by atoms with Crippen LogP contribution in [0.2, 0.25) is 0 Å². The first kappa shape index (κ1) is 15.3. The van der Waals surface area contributed by atoms with Crippen molar-refractivity contribution in [2.24, 2.45) is 5.92 Å². The molecule has 5 nitrogen and oxygen atoms in total. The Morgan fingerprint density at radius 3 is 2.35 bits per heavy atom. The topological polar surface area (TPSA) is 66.9 Å². The Bertz CT molecular complexity index is 301. The van der Waals surface area contributed by atoms with Crippen LogP contribution in [0.1, 0.15) is 33.5 Å². The zero-order valence-corrected chi connectivity index (χ0v) is 11.0. The van der Waals surface area contributed by atoms with E-state index in [0.29, 0.717) is 24.8 Å². The first-order valence-electron chi connectivity index (χ1n) is 5.96. The number of nitrogens with zero attached hydrogens (tertiary/aromatic N) is 2. The van der Waals surface area contributed by atoms with E-state index >= 15 is 0 Å². The maximum Gasteiger partial charge on any atom is 0.315 e. The van der Waals surface area contributed by atoms with Gasteiger partial charge in [-0.25, -0.2) is 14.8 Å². The Morgan fingerprint density at radius 2 is 1.82 bits per heavy atom. The monoisotopic (exact) mass is 238 g/mol. The Balaban J connectivity index is 0.00000121. The molecule has 1 aromatic rings. The summed E-state index contributed by atoms with van der Waals surface area (Å²) in [5, 5.41) is 5.43. The Morgan fingerprint density at radius 1 is 1.24 bits per heavy atom. The zero-order valence-electron chi connectivity index (χ0n) is 11.0. The van der Waals surface area contributed by atoms with Crippen molar-refractivity contribution < 1.29 is 4.79 Å². The molecule has 5 heteroatoms. The highest BCUT2D eigenvalue weighted by Gasteiger charge is 2.01. The molecule has 1 rings (SSSR count). The highest BCUT2D eigenvalue weighted by molar-refractivity contribution is 5.73. The summed E-state index contributed by atoms with van der Waals surface area (Å²) in [6.07, 6.45) is 3.30. The number of amides is 2. The summed E-state index contributed by atoms with van der Waals surface area (Å²) in [5.74, 6) is 1.06. The van der Waals surface area contributed by atoms with E-state index in [1.54, 1.807) is 18.5 Å². The van der Waals surface area contributed by atoms with E-state index in [0.717, 1.165) is 0 Å². The van der Waals surface area contributed by atoms with Gasteiger partial charge in [0, 0.05) is 18.9 Å². The summed E-state index contributed by atoms with van der Waals surface area (Å²) in [6, 6.07) is 1.55. The first-order valence-corrected chi connectivity index (χ1v) is 5.96. The van der Waals surface area contributed by atoms with Crippen LogP contribution in [-0.2, 0) is 6.54 Å². The number of hydrogen-bond donors (Lipinski definition) is 2. The molecular weight excluding hydrogens is 216 g/mol. The van der Waals surface area contributed by atoms with Crippen molar-refractivity contribution in [2.75, 3.05) is 6.54 Å². The van der Waals surface area contributed by atoms with Gasteiger partial charge in [-0.15, -0.1) is 0 Å². The Labute approximate surface area is 103 Å². The maximum absolute atomic E-state index is 11.2. The molecule has 0 radical (unpaired) electrons. The molecular formula is C12H22N4O. The van der Waals surface area contributed by atoms with E-state index in [9.17, 15) is 4.79 Å². The Kier molecular flexibility index (Phi) is 8.64. The van der Waals surface area contributed by atoms with Crippen LogP contribution in [0.5, 0.6) is 0 Å². The summed E-state index contributed by atoms with van der Waals surface area (Å²) < 4.78 is 0. The van der Waals surface area contributed by atoms with Crippen molar-refractivity contribution >= 4 is 6.03 Å². The van der Waals surface area contributed by atoms with Gasteiger partial charge in [-0.05, 0) is 12.0 Å². The normalized spacial score (nSPS) is 9.24. The molecule has 0 aromatic carbocycles. The lowest BCUT2D eigenvalue weighted by Gasteiger charge is -2.08. The minimum Gasteiger partial charge on any atom is -0.338 e. The second kappa shape index (κ2) is 9.57. The van der Waals surface area contributed by atoms with Gasteiger partial charge in [0.15, 0.2) is 0 Å². The van der Waals surface area contributed by atoms with Crippen molar-refractivity contribution in [2.45, 2.75) is 34.2 Å². The lowest BCUT2D eigenvalue weighted by atomic mass is 10.2. The van der Waals surface area contributed by atoms with Gasteiger partial charge in [-0.2, -0.15) is 0 Å². The predicted octanol–water partition coefficient (Wildman–Crippen LogP) is 1.96. The van der Waals surface area contributed by atoms with E-state index in [1.807, 2.05) is 27.7 Å². The zero-order chi connectivity index (χ0) is 13.1. The van der Waals surface area contributed by atoms with Crippen LogP contribution in [0.25, 0.3) is 0 Å². The van der Waals surface area contributed by atoms with E-state index < -0.39 is 0 Å². The lowest BCUT2D eigenvalue weighted by Crippen LogP contribution is -2.37. The van der Waals surface area contributed by atoms with Crippen LogP contribution in [0, 0.1) is 5.92 Å². The molecule has 0 bridgehead atoms. The number of urea groups is 1. The van der Waals surface area contributed by atoms with Crippen LogP contribution in [-0.4, -0.2) is 22.5 Å². The van der Waals surface area contributed by atoms with Crippen LogP contribution in [0.3, 0.4) is 0 Å². The fourth-order valence-electron chi connectivity index (χ4n) is 0.940. The molecule has 1 heterocycles. The molecule has 0 aliphatic rings. The van der Waals surface area contributed by atoms with Gasteiger partial charge >= 0.3 is 6.03 Å². The molecule has 17 heavy (non-hydrogen) atoms. The third-order valence-electron chi connectivity index (χ3n) is 1.70. The van der Waals surface area contributed by atoms with Crippen LogP contribution in [0.4, 0.5) is 4.79 Å². The maximum atomic E-state index is 11.2. The molecule has 2 N–H and O–H groups in total. The second-order valence-corrected chi connectivity index (χ2v) is 3.62. The summed E-state index contributed by atoms with van der Waals surface area (Å²) in [6.45, 7) is 9.10. The number of carbonyl (C=O) groups is 1. The second-order valence-electron chi connectivity index (χ2n) is 3.62. The van der Waals surface area contributed by atoms with Crippen LogP contribution < -0.4 is 10.6 Å². The Hall–Kier alpha value is -1.65. The molecule has 0 aliphatic heterocycles. The molecule has 0 saturated carbocycles. The molecule has 0 spiro atoms. The third kappa shape index (κ3) is 8.19. The number of rotatable bonds is 4. The third-order valence-corrected chi connectivity index (χ3v) is 1.70. The quantitative estimate of drug-likeness (QED) is 0.842. The van der Waals surface area contributed by atoms with Gasteiger partial charge < -0.3 is 10.6 Å². The standard InChI is InChI=1S/C10H16N4O.C2H6/c1-8(2)6-13-10(15)14-7-9-11-4-3-5-12-9;1-2/h3-5,8H,6-7H2,1-2H3,(H2,13,14,15);1-2H3. The van der Waals surface area contributed by atoms with Crippen molar-refractivity contribution in [3.05, 3.63) is 24.3 Å². The van der Waals surface area contributed by atoms with Gasteiger partial charge in [0.2, 0.25) is 0 Å². The number of nitrogens with one attached hydrogen (secondary N) is 2. The highest BCUT2D eigenvalue weighted by atomic mass is 16.2. The van der Waals surface area contributed by atoms with Gasteiger partial charge in [-0.3, -0.25) is 0 Å². The van der Waals surface area contributed by atoms with Gasteiger partial charge in [0.1, 0.15) is 5.82 Å². The van der Waals surface area contributed by atoms with E-state index in [4.69, 9.17) is 0 Å². The average Bonchev–Trinajstić information content (AvgIpc) is 2.37.